The van der Waals surface area contributed by atoms with Crippen molar-refractivity contribution in [3.05, 3.63) is 0 Å². The summed E-state index contributed by atoms with van der Waals surface area (Å²) in [6.45, 7) is 4.42. The highest BCUT2D eigenvalue weighted by Crippen LogP contribution is 2.24. The van der Waals surface area contributed by atoms with Gasteiger partial charge in [0.2, 0.25) is 0 Å². The van der Waals surface area contributed by atoms with Crippen LogP contribution in [0, 0.1) is 11.8 Å². The van der Waals surface area contributed by atoms with Gasteiger partial charge in [-0.05, 0) is 20.0 Å². The second-order valence-corrected chi connectivity index (χ2v) is 4.95. The normalized spacial score (nSPS) is 17.2. The van der Waals surface area contributed by atoms with Gasteiger partial charge in [0.25, 0.3) is 0 Å². The number of likely N-dealkylation sites (tertiary alicyclic amines) is 1. The fourth-order valence-electron chi connectivity index (χ4n) is 2.02. The third-order valence-electron chi connectivity index (χ3n) is 3.52. The standard InChI is InChI=1S/C12H23N3O3/c1-9(11(16)17)10-7-15(8-10)12(18)14(3)6-4-5-13-2/h9-10,13H,4-8H2,1-3H3,(H,16,17). The molecule has 0 bridgehead atoms. The Labute approximate surface area is 108 Å². The summed E-state index contributed by atoms with van der Waals surface area (Å²) in [4.78, 5) is 26.1. The molecule has 104 valence electrons. The molecule has 1 aliphatic rings. The van der Waals surface area contributed by atoms with Crippen molar-refractivity contribution in [2.24, 2.45) is 11.8 Å². The second-order valence-electron chi connectivity index (χ2n) is 4.95. The summed E-state index contributed by atoms with van der Waals surface area (Å²) in [6.07, 6.45) is 0.918. The molecule has 0 saturated carbocycles. The third-order valence-corrected chi connectivity index (χ3v) is 3.52. The summed E-state index contributed by atoms with van der Waals surface area (Å²) in [5.74, 6) is -1.06. The van der Waals surface area contributed by atoms with Gasteiger partial charge < -0.3 is 20.2 Å². The van der Waals surface area contributed by atoms with E-state index in [2.05, 4.69) is 5.32 Å². The van der Waals surface area contributed by atoms with Crippen LogP contribution in [0.5, 0.6) is 0 Å². The molecular formula is C12H23N3O3. The lowest BCUT2D eigenvalue weighted by Crippen LogP contribution is -2.56. The van der Waals surface area contributed by atoms with E-state index in [4.69, 9.17) is 5.11 Å². The summed E-state index contributed by atoms with van der Waals surface area (Å²) in [5.41, 5.74) is 0. The van der Waals surface area contributed by atoms with Gasteiger partial charge in [-0.25, -0.2) is 4.79 Å². The number of carbonyl (C=O) groups is 2. The number of nitrogens with one attached hydrogen (secondary N) is 1. The van der Waals surface area contributed by atoms with Crippen molar-refractivity contribution in [3.8, 4) is 0 Å². The zero-order valence-corrected chi connectivity index (χ0v) is 11.3. The number of amides is 2. The Morgan fingerprint density at radius 1 is 1.50 bits per heavy atom. The van der Waals surface area contributed by atoms with Crippen LogP contribution in [0.25, 0.3) is 0 Å². The van der Waals surface area contributed by atoms with Gasteiger partial charge in [0.1, 0.15) is 0 Å². The van der Waals surface area contributed by atoms with E-state index in [1.807, 2.05) is 7.05 Å². The minimum absolute atomic E-state index is 0.0000539. The highest BCUT2D eigenvalue weighted by Gasteiger charge is 2.37. The van der Waals surface area contributed by atoms with Crippen LogP contribution in [-0.4, -0.2) is 67.2 Å². The molecular weight excluding hydrogens is 234 g/mol. The van der Waals surface area contributed by atoms with Crippen molar-refractivity contribution in [2.45, 2.75) is 13.3 Å². The molecule has 1 saturated heterocycles. The molecule has 1 unspecified atom stereocenters. The third kappa shape index (κ3) is 3.60. The van der Waals surface area contributed by atoms with E-state index in [0.717, 1.165) is 19.5 Å². The summed E-state index contributed by atoms with van der Waals surface area (Å²) < 4.78 is 0. The first-order chi connectivity index (χ1) is 8.47. The number of urea groups is 1. The molecule has 0 aromatic rings. The van der Waals surface area contributed by atoms with E-state index in [-0.39, 0.29) is 17.9 Å². The summed E-state index contributed by atoms with van der Waals surface area (Å²) in [5, 5.41) is 11.9. The fraction of sp³-hybridized carbons (Fsp3) is 0.833. The average molecular weight is 257 g/mol. The molecule has 1 aliphatic heterocycles. The van der Waals surface area contributed by atoms with Crippen LogP contribution < -0.4 is 5.32 Å². The number of hydrogen-bond donors (Lipinski definition) is 2. The van der Waals surface area contributed by atoms with Crippen LogP contribution in [0.4, 0.5) is 4.79 Å². The van der Waals surface area contributed by atoms with Crippen molar-refractivity contribution < 1.29 is 14.7 Å². The van der Waals surface area contributed by atoms with Crippen molar-refractivity contribution >= 4 is 12.0 Å². The summed E-state index contributed by atoms with van der Waals surface area (Å²) in [6, 6.07) is -0.0000539. The number of aliphatic carboxylic acids is 1. The van der Waals surface area contributed by atoms with Crippen molar-refractivity contribution in [1.82, 2.24) is 15.1 Å². The van der Waals surface area contributed by atoms with Gasteiger partial charge in [-0.2, -0.15) is 0 Å². The quantitative estimate of drug-likeness (QED) is 0.671. The lowest BCUT2D eigenvalue weighted by atomic mass is 9.87. The molecule has 6 nitrogen and oxygen atoms in total. The Balaban J connectivity index is 2.27. The van der Waals surface area contributed by atoms with E-state index < -0.39 is 5.97 Å². The van der Waals surface area contributed by atoms with E-state index in [1.165, 1.54) is 0 Å². The van der Waals surface area contributed by atoms with Gasteiger partial charge >= 0.3 is 12.0 Å². The predicted octanol–water partition coefficient (Wildman–Crippen LogP) is 0.300. The van der Waals surface area contributed by atoms with E-state index in [9.17, 15) is 9.59 Å². The number of hydrogen-bond acceptors (Lipinski definition) is 3. The van der Waals surface area contributed by atoms with E-state index in [0.29, 0.717) is 13.1 Å². The molecule has 0 aliphatic carbocycles. The average Bonchev–Trinajstić information content (AvgIpc) is 2.26. The van der Waals surface area contributed by atoms with Gasteiger partial charge in [-0.3, -0.25) is 4.79 Å². The molecule has 0 aromatic heterocycles. The van der Waals surface area contributed by atoms with Crippen LogP contribution in [0.1, 0.15) is 13.3 Å². The van der Waals surface area contributed by atoms with Gasteiger partial charge in [0.15, 0.2) is 0 Å². The fourth-order valence-corrected chi connectivity index (χ4v) is 2.02. The predicted molar refractivity (Wildman–Crippen MR) is 68.4 cm³/mol. The summed E-state index contributed by atoms with van der Waals surface area (Å²) in [7, 11) is 3.67. The van der Waals surface area contributed by atoms with Gasteiger partial charge in [-0.15, -0.1) is 0 Å². The molecule has 1 fully saturated rings. The monoisotopic (exact) mass is 257 g/mol. The minimum Gasteiger partial charge on any atom is -0.481 e. The van der Waals surface area contributed by atoms with Crippen molar-refractivity contribution in [2.75, 3.05) is 40.3 Å². The van der Waals surface area contributed by atoms with Gasteiger partial charge in [-0.1, -0.05) is 6.92 Å². The largest absolute Gasteiger partial charge is 0.481 e. The highest BCUT2D eigenvalue weighted by atomic mass is 16.4. The number of carbonyl (C=O) groups excluding carboxylic acids is 1. The summed E-state index contributed by atoms with van der Waals surface area (Å²) >= 11 is 0. The highest BCUT2D eigenvalue weighted by molar-refractivity contribution is 5.76. The lowest BCUT2D eigenvalue weighted by molar-refractivity contribution is -0.144. The van der Waals surface area contributed by atoms with Crippen LogP contribution in [0.15, 0.2) is 0 Å². The molecule has 0 spiro atoms. The maximum atomic E-state index is 11.9. The van der Waals surface area contributed by atoms with E-state index >= 15 is 0 Å². The van der Waals surface area contributed by atoms with Crippen molar-refractivity contribution in [3.63, 3.8) is 0 Å². The molecule has 1 rings (SSSR count). The molecule has 1 heterocycles. The molecule has 18 heavy (non-hydrogen) atoms. The molecule has 0 aromatic carbocycles. The van der Waals surface area contributed by atoms with Crippen molar-refractivity contribution in [1.29, 1.82) is 0 Å². The lowest BCUT2D eigenvalue weighted by Gasteiger charge is -2.42. The first kappa shape index (κ1) is 14.8. The van der Waals surface area contributed by atoms with E-state index in [1.54, 1.807) is 23.8 Å². The molecule has 0 radical (unpaired) electrons. The Bertz CT molecular complexity index is 303. The first-order valence-electron chi connectivity index (χ1n) is 6.34. The van der Waals surface area contributed by atoms with Crippen LogP contribution in [0.3, 0.4) is 0 Å². The topological polar surface area (TPSA) is 72.9 Å². The zero-order valence-electron chi connectivity index (χ0n) is 11.3. The second kappa shape index (κ2) is 6.58. The smallest absolute Gasteiger partial charge is 0.319 e. The van der Waals surface area contributed by atoms with Gasteiger partial charge in [0.05, 0.1) is 5.92 Å². The van der Waals surface area contributed by atoms with Gasteiger partial charge in [0, 0.05) is 32.6 Å². The Kier molecular flexibility index (Phi) is 5.40. The maximum absolute atomic E-state index is 11.9. The Morgan fingerprint density at radius 2 is 2.11 bits per heavy atom. The molecule has 6 heteroatoms. The Morgan fingerprint density at radius 3 is 2.61 bits per heavy atom. The number of carboxylic acid groups (broad SMARTS) is 1. The number of rotatable bonds is 6. The van der Waals surface area contributed by atoms with Crippen LogP contribution >= 0.6 is 0 Å². The Hall–Kier alpha value is -1.30. The van der Waals surface area contributed by atoms with Crippen LogP contribution in [-0.2, 0) is 4.79 Å². The molecule has 2 amide bonds. The maximum Gasteiger partial charge on any atom is 0.319 e. The SMILES string of the molecule is CNCCCN(C)C(=O)N1CC(C(C)C(=O)O)C1. The number of carboxylic acids is 1. The first-order valence-corrected chi connectivity index (χ1v) is 6.34. The zero-order chi connectivity index (χ0) is 13.7. The molecule has 2 N–H and O–H groups in total. The number of nitrogens with zero attached hydrogens (tertiary/aromatic N) is 2. The molecule has 1 atom stereocenters. The minimum atomic E-state index is -0.783. The van der Waals surface area contributed by atoms with Crippen LogP contribution in [0.2, 0.25) is 0 Å².